The molecule has 0 radical (unpaired) electrons. The van der Waals surface area contributed by atoms with Crippen LogP contribution >= 0.6 is 27.3 Å². The van der Waals surface area contributed by atoms with Gasteiger partial charge < -0.3 is 18.8 Å². The predicted molar refractivity (Wildman–Crippen MR) is 116 cm³/mol. The van der Waals surface area contributed by atoms with Crippen molar-refractivity contribution in [2.45, 2.75) is 19.9 Å². The van der Waals surface area contributed by atoms with Crippen molar-refractivity contribution in [1.29, 1.82) is 0 Å². The maximum Gasteiger partial charge on any atom is 0.307 e. The van der Waals surface area contributed by atoms with E-state index in [0.29, 0.717) is 48.2 Å². The molecular formula is C21H19BrN2O5S. The minimum atomic E-state index is -0.356. The van der Waals surface area contributed by atoms with E-state index in [4.69, 9.17) is 14.2 Å². The van der Waals surface area contributed by atoms with Crippen LogP contribution in [0.3, 0.4) is 0 Å². The average molecular weight is 491 g/mol. The molecule has 0 unspecified atom stereocenters. The first-order valence-corrected chi connectivity index (χ1v) is 11.1. The summed E-state index contributed by atoms with van der Waals surface area (Å²) in [4.78, 5) is 29.5. The molecule has 30 heavy (non-hydrogen) atoms. The van der Waals surface area contributed by atoms with Crippen molar-refractivity contribution < 1.29 is 23.8 Å². The van der Waals surface area contributed by atoms with Crippen LogP contribution in [0.4, 0.5) is 0 Å². The minimum Gasteiger partial charge on any atom is -0.486 e. The molecule has 0 N–H and O–H groups in total. The summed E-state index contributed by atoms with van der Waals surface area (Å²) in [6.07, 6.45) is 0.173. The van der Waals surface area contributed by atoms with E-state index in [1.54, 1.807) is 25.1 Å². The summed E-state index contributed by atoms with van der Waals surface area (Å²) >= 11 is 4.74. The normalized spacial score (nSPS) is 13.5. The van der Waals surface area contributed by atoms with Gasteiger partial charge in [0.25, 0.3) is 5.91 Å². The number of carbonyl (C=O) groups excluding carboxylic acids is 2. The Kier molecular flexibility index (Phi) is 6.19. The zero-order valence-corrected chi connectivity index (χ0v) is 18.6. The van der Waals surface area contributed by atoms with Crippen LogP contribution in [0, 0.1) is 0 Å². The van der Waals surface area contributed by atoms with Crippen molar-refractivity contribution in [2.24, 2.45) is 4.99 Å². The van der Waals surface area contributed by atoms with Crippen molar-refractivity contribution in [3.63, 3.8) is 0 Å². The first kappa shape index (κ1) is 20.6. The van der Waals surface area contributed by atoms with E-state index < -0.39 is 0 Å². The van der Waals surface area contributed by atoms with E-state index >= 15 is 0 Å². The molecule has 0 fully saturated rings. The molecule has 0 atom stereocenters. The standard InChI is InChI=1S/C21H19BrN2O5S/c1-2-27-19(25)6-7-24-15-11-16-17(29-9-8-28-16)12-18(15)30-21(24)23-20(26)13-4-3-5-14(22)10-13/h3-5,10-12H,2,6-9H2,1H3. The molecule has 1 aliphatic rings. The van der Waals surface area contributed by atoms with Crippen LogP contribution in [0.1, 0.15) is 23.7 Å². The van der Waals surface area contributed by atoms with Crippen LogP contribution in [0.25, 0.3) is 10.2 Å². The SMILES string of the molecule is CCOC(=O)CCn1c(=NC(=O)c2cccc(Br)c2)sc2cc3c(cc21)OCCO3. The van der Waals surface area contributed by atoms with Gasteiger partial charge >= 0.3 is 5.97 Å². The number of rotatable bonds is 5. The minimum absolute atomic E-state index is 0.173. The number of carbonyl (C=O) groups is 2. The smallest absolute Gasteiger partial charge is 0.307 e. The molecule has 0 saturated carbocycles. The molecule has 0 saturated heterocycles. The number of hydrogen-bond acceptors (Lipinski definition) is 6. The van der Waals surface area contributed by atoms with E-state index in [9.17, 15) is 9.59 Å². The van der Waals surface area contributed by atoms with E-state index in [2.05, 4.69) is 20.9 Å². The molecule has 4 rings (SSSR count). The summed E-state index contributed by atoms with van der Waals surface area (Å²) in [7, 11) is 0. The van der Waals surface area contributed by atoms with Crippen LogP contribution in [-0.2, 0) is 16.1 Å². The molecule has 0 bridgehead atoms. The summed E-state index contributed by atoms with van der Waals surface area (Å²) in [5.74, 6) is 0.648. The molecule has 0 spiro atoms. The zero-order valence-electron chi connectivity index (χ0n) is 16.2. The summed E-state index contributed by atoms with van der Waals surface area (Å²) in [5, 5.41) is 0. The molecule has 2 heterocycles. The largest absolute Gasteiger partial charge is 0.486 e. The maximum absolute atomic E-state index is 12.8. The Morgan fingerprint density at radius 3 is 2.70 bits per heavy atom. The molecule has 1 aliphatic heterocycles. The van der Waals surface area contributed by atoms with Gasteiger partial charge in [-0.3, -0.25) is 9.59 Å². The third-order valence-electron chi connectivity index (χ3n) is 4.46. The number of esters is 1. The highest BCUT2D eigenvalue weighted by Crippen LogP contribution is 2.35. The van der Waals surface area contributed by atoms with Crippen LogP contribution in [0.15, 0.2) is 45.9 Å². The Morgan fingerprint density at radius 2 is 1.97 bits per heavy atom. The van der Waals surface area contributed by atoms with Crippen LogP contribution < -0.4 is 14.3 Å². The highest BCUT2D eigenvalue weighted by atomic mass is 79.9. The second-order valence-corrected chi connectivity index (χ2v) is 8.41. The number of nitrogens with zero attached hydrogens (tertiary/aromatic N) is 2. The second-order valence-electron chi connectivity index (χ2n) is 6.48. The summed E-state index contributed by atoms with van der Waals surface area (Å²) in [5.41, 5.74) is 1.30. The number of ether oxygens (including phenoxy) is 3. The molecular weight excluding hydrogens is 472 g/mol. The zero-order chi connectivity index (χ0) is 21.1. The van der Waals surface area contributed by atoms with Crippen LogP contribution in [-0.4, -0.2) is 36.3 Å². The van der Waals surface area contributed by atoms with Crippen LogP contribution in [0.2, 0.25) is 0 Å². The fourth-order valence-electron chi connectivity index (χ4n) is 3.12. The number of amides is 1. The Labute approximate surface area is 185 Å². The fraction of sp³-hybridized carbons (Fsp3) is 0.286. The van der Waals surface area contributed by atoms with E-state index in [1.165, 1.54) is 11.3 Å². The number of hydrogen-bond donors (Lipinski definition) is 0. The highest BCUT2D eigenvalue weighted by molar-refractivity contribution is 9.10. The van der Waals surface area contributed by atoms with Gasteiger partial charge in [0.2, 0.25) is 0 Å². The maximum atomic E-state index is 12.8. The van der Waals surface area contributed by atoms with Gasteiger partial charge in [0.15, 0.2) is 16.3 Å². The Morgan fingerprint density at radius 1 is 1.20 bits per heavy atom. The van der Waals surface area contributed by atoms with Crippen molar-refractivity contribution in [3.05, 3.63) is 51.2 Å². The lowest BCUT2D eigenvalue weighted by atomic mass is 10.2. The van der Waals surface area contributed by atoms with Gasteiger partial charge in [0.05, 0.1) is 23.2 Å². The Bertz CT molecular complexity index is 1180. The number of aryl methyl sites for hydroxylation is 1. The van der Waals surface area contributed by atoms with E-state index in [0.717, 1.165) is 14.7 Å². The first-order chi connectivity index (χ1) is 14.5. The van der Waals surface area contributed by atoms with Gasteiger partial charge in [0, 0.05) is 28.7 Å². The molecule has 1 aromatic heterocycles. The highest BCUT2D eigenvalue weighted by Gasteiger charge is 2.18. The lowest BCUT2D eigenvalue weighted by molar-refractivity contribution is -0.143. The van der Waals surface area contributed by atoms with Crippen molar-refractivity contribution >= 4 is 49.4 Å². The third kappa shape index (κ3) is 4.41. The third-order valence-corrected chi connectivity index (χ3v) is 5.99. The van der Waals surface area contributed by atoms with E-state index in [-0.39, 0.29) is 18.3 Å². The fourth-order valence-corrected chi connectivity index (χ4v) is 4.58. The van der Waals surface area contributed by atoms with Crippen molar-refractivity contribution in [1.82, 2.24) is 4.57 Å². The molecule has 156 valence electrons. The molecule has 1 amide bonds. The first-order valence-electron chi connectivity index (χ1n) is 9.48. The van der Waals surface area contributed by atoms with E-state index in [1.807, 2.05) is 22.8 Å². The van der Waals surface area contributed by atoms with Gasteiger partial charge in [-0.2, -0.15) is 4.99 Å². The number of fused-ring (bicyclic) bond motifs is 2. The molecule has 7 nitrogen and oxygen atoms in total. The number of thiazole rings is 1. The Balaban J connectivity index is 1.79. The van der Waals surface area contributed by atoms with Crippen LogP contribution in [0.5, 0.6) is 11.5 Å². The van der Waals surface area contributed by atoms with Gasteiger partial charge in [-0.15, -0.1) is 0 Å². The predicted octanol–water partition coefficient (Wildman–Crippen LogP) is 3.93. The lowest BCUT2D eigenvalue weighted by Crippen LogP contribution is -2.20. The molecule has 3 aromatic rings. The van der Waals surface area contributed by atoms with Gasteiger partial charge in [0.1, 0.15) is 13.2 Å². The summed E-state index contributed by atoms with van der Waals surface area (Å²) in [6.45, 7) is 3.40. The van der Waals surface area contributed by atoms with Crippen molar-refractivity contribution in [3.8, 4) is 11.5 Å². The number of benzene rings is 2. The average Bonchev–Trinajstić information content (AvgIpc) is 3.06. The molecule has 9 heteroatoms. The molecule has 2 aromatic carbocycles. The summed E-state index contributed by atoms with van der Waals surface area (Å²) < 4.78 is 20.0. The Hall–Kier alpha value is -2.65. The van der Waals surface area contributed by atoms with Crippen molar-refractivity contribution in [2.75, 3.05) is 19.8 Å². The monoisotopic (exact) mass is 490 g/mol. The molecule has 0 aliphatic carbocycles. The number of halogens is 1. The quantitative estimate of drug-likeness (QED) is 0.506. The van der Waals surface area contributed by atoms with Gasteiger partial charge in [-0.25, -0.2) is 0 Å². The van der Waals surface area contributed by atoms with Gasteiger partial charge in [-0.05, 0) is 25.1 Å². The second kappa shape index (κ2) is 9.01. The van der Waals surface area contributed by atoms with Gasteiger partial charge in [-0.1, -0.05) is 33.3 Å². The lowest BCUT2D eigenvalue weighted by Gasteiger charge is -2.18. The topological polar surface area (TPSA) is 79.1 Å². The summed E-state index contributed by atoms with van der Waals surface area (Å²) in [6, 6.07) is 10.8. The number of aromatic nitrogens is 1.